The third-order valence-electron chi connectivity index (χ3n) is 2.52. The molecule has 1 aromatic carbocycles. The highest BCUT2D eigenvalue weighted by atomic mass is 79.9. The topological polar surface area (TPSA) is 49.3 Å². The molecule has 0 spiro atoms. The molecule has 0 saturated heterocycles. The third-order valence-corrected chi connectivity index (χ3v) is 3.01. The molecule has 94 valence electrons. The molecule has 4 heteroatoms. The normalized spacial score (nSPS) is 10.2. The number of phenolic OH excluding ortho intramolecular Hbond substituents is 1. The molecule has 0 bridgehead atoms. The molecular weight excluding hydrogens is 282 g/mol. The Morgan fingerprint density at radius 1 is 1.35 bits per heavy atom. The second kappa shape index (κ2) is 7.33. The number of aromatic hydroxyl groups is 1. The van der Waals surface area contributed by atoms with Crippen LogP contribution in [0.5, 0.6) is 5.75 Å². The Balaban J connectivity index is 2.44. The van der Waals surface area contributed by atoms with Crippen LogP contribution in [-0.4, -0.2) is 17.6 Å². The Bertz CT molecular complexity index is 380. The second-order valence-electron chi connectivity index (χ2n) is 3.98. The summed E-state index contributed by atoms with van der Waals surface area (Å²) in [5.41, 5.74) is 0.315. The van der Waals surface area contributed by atoms with Gasteiger partial charge in [0.1, 0.15) is 5.75 Å². The predicted molar refractivity (Wildman–Crippen MR) is 72.3 cm³/mol. The lowest BCUT2D eigenvalue weighted by Crippen LogP contribution is -2.24. The van der Waals surface area contributed by atoms with Crippen molar-refractivity contribution in [1.29, 1.82) is 0 Å². The number of hydrogen-bond acceptors (Lipinski definition) is 2. The monoisotopic (exact) mass is 299 g/mol. The molecule has 0 heterocycles. The average molecular weight is 300 g/mol. The molecule has 0 aliphatic heterocycles. The van der Waals surface area contributed by atoms with Crippen LogP contribution in [0.1, 0.15) is 43.0 Å². The zero-order valence-electron chi connectivity index (χ0n) is 10.0. The van der Waals surface area contributed by atoms with Gasteiger partial charge in [0.2, 0.25) is 0 Å². The first kappa shape index (κ1) is 14.0. The van der Waals surface area contributed by atoms with Crippen molar-refractivity contribution in [3.63, 3.8) is 0 Å². The molecule has 0 unspecified atom stereocenters. The first-order chi connectivity index (χ1) is 8.15. The molecule has 0 radical (unpaired) electrons. The number of hydrogen-bond donors (Lipinski definition) is 2. The lowest BCUT2D eigenvalue weighted by Gasteiger charge is -2.07. The first-order valence-electron chi connectivity index (χ1n) is 5.92. The summed E-state index contributed by atoms with van der Waals surface area (Å²) in [5, 5.41) is 12.4. The highest BCUT2D eigenvalue weighted by Gasteiger charge is 2.10. The summed E-state index contributed by atoms with van der Waals surface area (Å²) in [5.74, 6) is -0.209. The van der Waals surface area contributed by atoms with Gasteiger partial charge in [0.15, 0.2) is 0 Å². The minimum absolute atomic E-state index is 0.0132. The van der Waals surface area contributed by atoms with Gasteiger partial charge in [-0.05, 0) is 24.6 Å². The number of nitrogens with one attached hydrogen (secondary N) is 1. The molecule has 2 N–H and O–H groups in total. The van der Waals surface area contributed by atoms with E-state index in [-0.39, 0.29) is 11.7 Å². The van der Waals surface area contributed by atoms with Crippen LogP contribution in [0.4, 0.5) is 0 Å². The number of carbonyl (C=O) groups excluding carboxylic acids is 1. The molecule has 0 aliphatic carbocycles. The van der Waals surface area contributed by atoms with Crippen LogP contribution >= 0.6 is 15.9 Å². The highest BCUT2D eigenvalue weighted by Crippen LogP contribution is 2.21. The summed E-state index contributed by atoms with van der Waals surface area (Å²) >= 11 is 3.28. The summed E-state index contributed by atoms with van der Waals surface area (Å²) in [6, 6.07) is 4.83. The molecule has 1 rings (SSSR count). The minimum atomic E-state index is -0.222. The molecular formula is C13H18BrNO2. The molecule has 0 aliphatic rings. The number of benzene rings is 1. The molecule has 17 heavy (non-hydrogen) atoms. The Hall–Kier alpha value is -1.03. The molecule has 0 atom stereocenters. The van der Waals surface area contributed by atoms with Gasteiger partial charge in [-0.1, -0.05) is 42.1 Å². The van der Waals surface area contributed by atoms with Crippen LogP contribution in [0.15, 0.2) is 22.7 Å². The maximum Gasteiger partial charge on any atom is 0.255 e. The number of amides is 1. The van der Waals surface area contributed by atoms with Crippen molar-refractivity contribution in [2.75, 3.05) is 6.54 Å². The molecule has 3 nitrogen and oxygen atoms in total. The van der Waals surface area contributed by atoms with E-state index >= 15 is 0 Å². The SMILES string of the molecule is CCCCCCNC(=O)c1cc(Br)ccc1O. The van der Waals surface area contributed by atoms with Gasteiger partial charge in [-0.25, -0.2) is 0 Å². The van der Waals surface area contributed by atoms with E-state index < -0.39 is 0 Å². The van der Waals surface area contributed by atoms with E-state index in [0.717, 1.165) is 17.3 Å². The third kappa shape index (κ3) is 4.77. The fraction of sp³-hybridized carbons (Fsp3) is 0.462. The smallest absolute Gasteiger partial charge is 0.255 e. The van der Waals surface area contributed by atoms with Gasteiger partial charge in [0, 0.05) is 11.0 Å². The molecule has 0 fully saturated rings. The largest absolute Gasteiger partial charge is 0.507 e. The Morgan fingerprint density at radius 3 is 2.82 bits per heavy atom. The fourth-order valence-electron chi connectivity index (χ4n) is 1.54. The van der Waals surface area contributed by atoms with Crippen LogP contribution in [0.3, 0.4) is 0 Å². The Labute approximate surface area is 110 Å². The summed E-state index contributed by atoms with van der Waals surface area (Å²) in [6.07, 6.45) is 4.48. The maximum atomic E-state index is 11.8. The van der Waals surface area contributed by atoms with Gasteiger partial charge in [-0.3, -0.25) is 4.79 Å². The quantitative estimate of drug-likeness (QED) is 0.790. The van der Waals surface area contributed by atoms with Crippen molar-refractivity contribution in [2.45, 2.75) is 32.6 Å². The van der Waals surface area contributed by atoms with E-state index in [1.165, 1.54) is 18.9 Å². The Kier molecular flexibility index (Phi) is 6.05. The highest BCUT2D eigenvalue weighted by molar-refractivity contribution is 9.10. The van der Waals surface area contributed by atoms with E-state index in [4.69, 9.17) is 0 Å². The number of halogens is 1. The van der Waals surface area contributed by atoms with Crippen LogP contribution in [0.2, 0.25) is 0 Å². The summed E-state index contributed by atoms with van der Waals surface area (Å²) in [4.78, 5) is 11.8. The van der Waals surface area contributed by atoms with E-state index in [0.29, 0.717) is 12.1 Å². The fourth-order valence-corrected chi connectivity index (χ4v) is 1.90. The predicted octanol–water partition coefficient (Wildman–Crippen LogP) is 3.46. The molecule has 1 aromatic rings. The van der Waals surface area contributed by atoms with E-state index in [9.17, 15) is 9.90 Å². The second-order valence-corrected chi connectivity index (χ2v) is 4.89. The minimum Gasteiger partial charge on any atom is -0.507 e. The van der Waals surface area contributed by atoms with Crippen molar-refractivity contribution >= 4 is 21.8 Å². The van der Waals surface area contributed by atoms with E-state index in [1.807, 2.05) is 0 Å². The zero-order valence-corrected chi connectivity index (χ0v) is 11.6. The van der Waals surface area contributed by atoms with Crippen molar-refractivity contribution < 1.29 is 9.90 Å². The van der Waals surface area contributed by atoms with Gasteiger partial charge in [-0.2, -0.15) is 0 Å². The van der Waals surface area contributed by atoms with Crippen molar-refractivity contribution in [3.8, 4) is 5.75 Å². The summed E-state index contributed by atoms with van der Waals surface area (Å²) in [7, 11) is 0. The zero-order chi connectivity index (χ0) is 12.7. The number of carbonyl (C=O) groups is 1. The standard InChI is InChI=1S/C13H18BrNO2/c1-2-3-4-5-8-15-13(17)11-9-10(14)6-7-12(11)16/h6-7,9,16H,2-5,8H2,1H3,(H,15,17). The van der Waals surface area contributed by atoms with Gasteiger partial charge >= 0.3 is 0 Å². The van der Waals surface area contributed by atoms with Gasteiger partial charge in [0.05, 0.1) is 5.56 Å². The van der Waals surface area contributed by atoms with Crippen molar-refractivity contribution in [1.82, 2.24) is 5.32 Å². The molecule has 0 saturated carbocycles. The average Bonchev–Trinajstić information content (AvgIpc) is 2.32. The first-order valence-corrected chi connectivity index (χ1v) is 6.71. The van der Waals surface area contributed by atoms with Gasteiger partial charge < -0.3 is 10.4 Å². The number of phenols is 1. The lowest BCUT2D eigenvalue weighted by atomic mass is 10.1. The molecule has 0 aromatic heterocycles. The van der Waals surface area contributed by atoms with E-state index in [1.54, 1.807) is 12.1 Å². The summed E-state index contributed by atoms with van der Waals surface area (Å²) < 4.78 is 0.784. The van der Waals surface area contributed by atoms with Crippen molar-refractivity contribution in [2.24, 2.45) is 0 Å². The number of unbranched alkanes of at least 4 members (excludes halogenated alkanes) is 3. The van der Waals surface area contributed by atoms with Crippen LogP contribution in [-0.2, 0) is 0 Å². The number of rotatable bonds is 6. The van der Waals surface area contributed by atoms with Crippen LogP contribution in [0, 0.1) is 0 Å². The van der Waals surface area contributed by atoms with Crippen molar-refractivity contribution in [3.05, 3.63) is 28.2 Å². The molecule has 1 amide bonds. The van der Waals surface area contributed by atoms with Crippen LogP contribution in [0.25, 0.3) is 0 Å². The maximum absolute atomic E-state index is 11.8. The van der Waals surface area contributed by atoms with E-state index in [2.05, 4.69) is 28.2 Å². The Morgan fingerprint density at radius 2 is 2.12 bits per heavy atom. The van der Waals surface area contributed by atoms with Crippen LogP contribution < -0.4 is 5.32 Å². The summed E-state index contributed by atoms with van der Waals surface area (Å²) in [6.45, 7) is 2.81. The lowest BCUT2D eigenvalue weighted by molar-refractivity contribution is 0.0950. The van der Waals surface area contributed by atoms with Gasteiger partial charge in [0.25, 0.3) is 5.91 Å². The van der Waals surface area contributed by atoms with Gasteiger partial charge in [-0.15, -0.1) is 0 Å².